The molecular formula is C63H111NO18. The highest BCUT2D eigenvalue weighted by Crippen LogP contribution is 2.33. The van der Waals surface area contributed by atoms with Gasteiger partial charge in [-0.1, -0.05) is 177 Å². The number of rotatable bonds is 46. The SMILES string of the molecule is CCCCCC/C=C/CC/C=C/CC/C=C/C(O)C(COC1OC(CO)C(OC2OC(CO)C(OC3OC(CO)C(O)C(O)C3O)C(O)C2O)C(O)C1O)NC(=O)CCCCCCCCCCCCC/C=C\C/C=C\CCCCCCC. The molecule has 0 spiro atoms. The molecule has 0 bridgehead atoms. The largest absolute Gasteiger partial charge is 0.394 e. The fraction of sp³-hybridized carbons (Fsp3) is 0.825. The fourth-order valence-electron chi connectivity index (χ4n) is 10.3. The molecule has 1 amide bonds. The standard InChI is InChI=1S/C63H111NO18/c1-3-5-7-9-11-13-15-17-19-20-21-22-23-24-25-26-27-29-31-33-35-37-39-41-51(69)64-46(47(68)40-38-36-34-32-30-28-18-16-14-12-10-8-6-4-2)45-77-61-57(75)54(72)59(49(43-66)79-61)82-63-58(76)55(73)60(50(44-67)80-63)81-62-56(74)53(71)52(70)48(42-65)78-62/h14-17,20-21,30,32,38,40,46-50,52-63,65-68,70-76H,3-13,18-19,22-29,31,33-37,39,41-45H2,1-2H3,(H,64,69)/b16-14+,17-15-,21-20-,32-30+,40-38+. The molecular weight excluding hydrogens is 1060 g/mol. The molecule has 3 heterocycles. The Morgan fingerprint density at radius 3 is 1.30 bits per heavy atom. The van der Waals surface area contributed by atoms with Crippen molar-refractivity contribution >= 4 is 5.91 Å². The lowest BCUT2D eigenvalue weighted by Gasteiger charge is -2.48. The van der Waals surface area contributed by atoms with Gasteiger partial charge >= 0.3 is 0 Å². The van der Waals surface area contributed by atoms with Gasteiger partial charge in [0.25, 0.3) is 0 Å². The molecule has 3 saturated heterocycles. The summed E-state index contributed by atoms with van der Waals surface area (Å²) >= 11 is 0. The second-order valence-corrected chi connectivity index (χ2v) is 22.5. The summed E-state index contributed by atoms with van der Waals surface area (Å²) in [4.78, 5) is 13.3. The first-order valence-corrected chi connectivity index (χ1v) is 31.5. The van der Waals surface area contributed by atoms with Crippen molar-refractivity contribution in [2.24, 2.45) is 0 Å². The van der Waals surface area contributed by atoms with Gasteiger partial charge in [0.1, 0.15) is 73.2 Å². The number of hydrogen-bond donors (Lipinski definition) is 12. The second kappa shape index (κ2) is 45.8. The number of nitrogens with one attached hydrogen (secondary N) is 1. The molecule has 3 rings (SSSR count). The van der Waals surface area contributed by atoms with Crippen molar-refractivity contribution in [3.05, 3.63) is 60.8 Å². The zero-order valence-corrected chi connectivity index (χ0v) is 49.7. The van der Waals surface area contributed by atoms with E-state index in [0.717, 1.165) is 64.2 Å². The molecule has 3 aliphatic rings. The highest BCUT2D eigenvalue weighted by atomic mass is 16.8. The molecule has 0 radical (unpaired) electrons. The molecule has 0 saturated carbocycles. The highest BCUT2D eigenvalue weighted by Gasteiger charge is 2.53. The maximum absolute atomic E-state index is 13.3. The van der Waals surface area contributed by atoms with E-state index >= 15 is 0 Å². The quantitative estimate of drug-likeness (QED) is 0.0231. The van der Waals surface area contributed by atoms with E-state index in [4.69, 9.17) is 28.4 Å². The Hall–Kier alpha value is -2.51. The number of hydrogen-bond acceptors (Lipinski definition) is 18. The van der Waals surface area contributed by atoms with E-state index in [1.165, 1.54) is 103 Å². The number of amides is 1. The summed E-state index contributed by atoms with van der Waals surface area (Å²) in [5, 5.41) is 120. The first-order chi connectivity index (χ1) is 39.8. The van der Waals surface area contributed by atoms with Crippen molar-refractivity contribution in [1.29, 1.82) is 0 Å². The zero-order valence-electron chi connectivity index (χ0n) is 49.7. The van der Waals surface area contributed by atoms with E-state index in [2.05, 4.69) is 67.8 Å². The molecule has 0 aromatic carbocycles. The Balaban J connectivity index is 1.47. The molecule has 19 heteroatoms. The van der Waals surface area contributed by atoms with Crippen LogP contribution in [-0.4, -0.2) is 193 Å². The summed E-state index contributed by atoms with van der Waals surface area (Å²) in [5.41, 5.74) is 0. The third-order valence-corrected chi connectivity index (χ3v) is 15.5. The second-order valence-electron chi connectivity index (χ2n) is 22.5. The van der Waals surface area contributed by atoms with Gasteiger partial charge < -0.3 is 89.9 Å². The summed E-state index contributed by atoms with van der Waals surface area (Å²) in [6.07, 6.45) is 26.3. The maximum Gasteiger partial charge on any atom is 0.220 e. The molecule has 19 nitrogen and oxygen atoms in total. The lowest BCUT2D eigenvalue weighted by molar-refractivity contribution is -0.379. The predicted molar refractivity (Wildman–Crippen MR) is 314 cm³/mol. The smallest absolute Gasteiger partial charge is 0.220 e. The average Bonchev–Trinajstić information content (AvgIpc) is 2.90. The topological polar surface area (TPSA) is 307 Å². The zero-order chi connectivity index (χ0) is 59.7. The average molecular weight is 1170 g/mol. The van der Waals surface area contributed by atoms with Crippen LogP contribution in [0.1, 0.15) is 200 Å². The number of allylic oxidation sites excluding steroid dienone is 9. The van der Waals surface area contributed by atoms with Crippen LogP contribution < -0.4 is 5.32 Å². The Kier molecular flexibility index (Phi) is 41.2. The van der Waals surface area contributed by atoms with Crippen molar-refractivity contribution in [3.63, 3.8) is 0 Å². The van der Waals surface area contributed by atoms with Gasteiger partial charge in [0.2, 0.25) is 5.91 Å². The fourth-order valence-corrected chi connectivity index (χ4v) is 10.3. The molecule has 17 atom stereocenters. The highest BCUT2D eigenvalue weighted by molar-refractivity contribution is 5.76. The van der Waals surface area contributed by atoms with E-state index in [0.29, 0.717) is 12.8 Å². The Morgan fingerprint density at radius 2 is 0.817 bits per heavy atom. The van der Waals surface area contributed by atoms with Gasteiger partial charge in [-0.05, 0) is 77.0 Å². The summed E-state index contributed by atoms with van der Waals surface area (Å²) < 4.78 is 34.2. The van der Waals surface area contributed by atoms with Gasteiger partial charge in [0, 0.05) is 6.42 Å². The van der Waals surface area contributed by atoms with Crippen LogP contribution in [0.25, 0.3) is 0 Å². The van der Waals surface area contributed by atoms with Crippen LogP contribution in [0.2, 0.25) is 0 Å². The minimum absolute atomic E-state index is 0.227. The number of carbonyl (C=O) groups excluding carboxylic acids is 1. The van der Waals surface area contributed by atoms with E-state index in [-0.39, 0.29) is 18.9 Å². The first kappa shape index (κ1) is 73.7. The molecule has 0 aliphatic carbocycles. The van der Waals surface area contributed by atoms with E-state index < -0.39 is 124 Å². The third kappa shape index (κ3) is 28.8. The van der Waals surface area contributed by atoms with Crippen LogP contribution in [-0.2, 0) is 33.2 Å². The van der Waals surface area contributed by atoms with Crippen molar-refractivity contribution in [2.45, 2.75) is 304 Å². The van der Waals surface area contributed by atoms with Crippen molar-refractivity contribution in [1.82, 2.24) is 5.32 Å². The van der Waals surface area contributed by atoms with Crippen LogP contribution in [0.4, 0.5) is 0 Å². The minimum atomic E-state index is -1.98. The number of aliphatic hydroxyl groups is 11. The van der Waals surface area contributed by atoms with Gasteiger partial charge in [-0.2, -0.15) is 0 Å². The molecule has 0 aromatic heterocycles. The van der Waals surface area contributed by atoms with E-state index in [9.17, 15) is 61.0 Å². The van der Waals surface area contributed by atoms with Crippen LogP contribution >= 0.6 is 0 Å². The molecule has 17 unspecified atom stereocenters. The van der Waals surface area contributed by atoms with E-state index in [1.54, 1.807) is 6.08 Å². The van der Waals surface area contributed by atoms with Crippen LogP contribution in [0.5, 0.6) is 0 Å². The Labute approximate surface area is 490 Å². The third-order valence-electron chi connectivity index (χ3n) is 15.5. The van der Waals surface area contributed by atoms with Gasteiger partial charge in [-0.15, -0.1) is 0 Å². The van der Waals surface area contributed by atoms with Crippen molar-refractivity contribution < 1.29 is 89.4 Å². The van der Waals surface area contributed by atoms with Crippen molar-refractivity contribution in [2.75, 3.05) is 26.4 Å². The van der Waals surface area contributed by atoms with Crippen LogP contribution in [0, 0.1) is 0 Å². The Bertz CT molecular complexity index is 1730. The van der Waals surface area contributed by atoms with Crippen LogP contribution in [0.15, 0.2) is 60.8 Å². The van der Waals surface area contributed by atoms with Gasteiger partial charge in [0.05, 0.1) is 38.6 Å². The first-order valence-electron chi connectivity index (χ1n) is 31.5. The van der Waals surface area contributed by atoms with E-state index in [1.807, 2.05) is 6.08 Å². The molecule has 3 fully saturated rings. The number of carbonyl (C=O) groups is 1. The number of ether oxygens (including phenoxy) is 6. The molecule has 0 aromatic rings. The summed E-state index contributed by atoms with van der Waals surface area (Å²) in [6, 6.07) is -0.998. The molecule has 3 aliphatic heterocycles. The molecule has 476 valence electrons. The Morgan fingerprint density at radius 1 is 0.439 bits per heavy atom. The van der Waals surface area contributed by atoms with Crippen molar-refractivity contribution in [3.8, 4) is 0 Å². The summed E-state index contributed by atoms with van der Waals surface area (Å²) in [5.74, 6) is -0.295. The summed E-state index contributed by atoms with van der Waals surface area (Å²) in [6.45, 7) is 1.65. The normalized spacial score (nSPS) is 30.0. The minimum Gasteiger partial charge on any atom is -0.394 e. The molecule has 12 N–H and O–H groups in total. The lowest BCUT2D eigenvalue weighted by atomic mass is 9.96. The van der Waals surface area contributed by atoms with Crippen LogP contribution in [0.3, 0.4) is 0 Å². The lowest BCUT2D eigenvalue weighted by Crippen LogP contribution is -2.66. The number of unbranched alkanes of at least 4 members (excludes halogenated alkanes) is 22. The van der Waals surface area contributed by atoms with Gasteiger partial charge in [-0.25, -0.2) is 0 Å². The summed E-state index contributed by atoms with van der Waals surface area (Å²) in [7, 11) is 0. The van der Waals surface area contributed by atoms with Gasteiger partial charge in [-0.3, -0.25) is 4.79 Å². The monoisotopic (exact) mass is 1170 g/mol. The maximum atomic E-state index is 13.3. The number of aliphatic hydroxyl groups excluding tert-OH is 11. The predicted octanol–water partition coefficient (Wildman–Crippen LogP) is 6.43. The molecule has 82 heavy (non-hydrogen) atoms. The van der Waals surface area contributed by atoms with Gasteiger partial charge in [0.15, 0.2) is 18.9 Å².